The number of allylic oxidation sites excluding steroid dienone is 4. The van der Waals surface area contributed by atoms with E-state index in [1.165, 1.54) is 28.5 Å². The molecule has 0 bridgehead atoms. The van der Waals surface area contributed by atoms with Crippen LogP contribution in [-0.2, 0) is 0 Å². The van der Waals surface area contributed by atoms with Gasteiger partial charge in [-0.3, -0.25) is 0 Å². The maximum Gasteiger partial charge on any atom is -0.00146 e. The number of hydrogen-bond donors (Lipinski definition) is 0. The Morgan fingerprint density at radius 3 is 2.56 bits per heavy atom. The van der Waals surface area contributed by atoms with Crippen LogP contribution in [0.25, 0.3) is 0 Å². The predicted octanol–water partition coefficient (Wildman–Crippen LogP) is 3.40. The Kier molecular flexibility index (Phi) is 2.12. The molecule has 0 nitrogen and oxygen atoms in total. The molecule has 0 amide bonds. The summed E-state index contributed by atoms with van der Waals surface area (Å²) in [6.45, 7) is 4.32. The van der Waals surface area contributed by atoms with Gasteiger partial charge in [0.25, 0.3) is 0 Å². The Balaban J connectivity index is 2.88. The lowest BCUT2D eigenvalue weighted by Gasteiger charge is -2.10. The molecule has 0 N–H and O–H groups in total. The maximum absolute atomic E-state index is 3.53. The minimum absolute atomic E-state index is 1.18. The quantitative estimate of drug-likeness (QED) is 0.545. The lowest BCUT2D eigenvalue weighted by molar-refractivity contribution is 0.978. The zero-order valence-corrected chi connectivity index (χ0v) is 7.46. The van der Waals surface area contributed by atoms with Gasteiger partial charge in [0.2, 0.25) is 0 Å². The number of rotatable bonds is 0. The molecule has 0 saturated heterocycles. The summed E-state index contributed by atoms with van der Waals surface area (Å²) in [6.07, 6.45) is 4.67. The molecule has 0 aromatic heterocycles. The van der Waals surface area contributed by atoms with Crippen molar-refractivity contribution in [3.05, 3.63) is 21.7 Å². The third-order valence-corrected chi connectivity index (χ3v) is 2.80. The highest BCUT2D eigenvalue weighted by molar-refractivity contribution is 9.11. The van der Waals surface area contributed by atoms with Gasteiger partial charge in [-0.05, 0) is 36.7 Å². The standard InChI is InChI=1S/C8H11Br/c1-6-4-3-5-8(9)7(6)2/h4H,3,5H2,1-2H3. The number of halogens is 1. The van der Waals surface area contributed by atoms with Gasteiger partial charge in [0, 0.05) is 0 Å². The first-order valence-electron chi connectivity index (χ1n) is 3.24. The zero-order valence-electron chi connectivity index (χ0n) is 5.87. The summed E-state index contributed by atoms with van der Waals surface area (Å²) >= 11 is 3.53. The molecule has 0 spiro atoms. The van der Waals surface area contributed by atoms with Crippen LogP contribution in [0, 0.1) is 0 Å². The third kappa shape index (κ3) is 1.45. The first kappa shape index (κ1) is 7.07. The van der Waals surface area contributed by atoms with E-state index < -0.39 is 0 Å². The van der Waals surface area contributed by atoms with Gasteiger partial charge in [-0.1, -0.05) is 27.6 Å². The van der Waals surface area contributed by atoms with Gasteiger partial charge in [-0.2, -0.15) is 0 Å². The molecule has 1 aliphatic rings. The van der Waals surface area contributed by atoms with Crippen molar-refractivity contribution in [2.24, 2.45) is 0 Å². The lowest BCUT2D eigenvalue weighted by Crippen LogP contribution is -1.90. The van der Waals surface area contributed by atoms with Crippen LogP contribution < -0.4 is 0 Å². The smallest absolute Gasteiger partial charge is 0.00146 e. The van der Waals surface area contributed by atoms with Crippen LogP contribution in [0.3, 0.4) is 0 Å². The minimum Gasteiger partial charge on any atom is -0.0810 e. The fourth-order valence-electron chi connectivity index (χ4n) is 0.970. The van der Waals surface area contributed by atoms with E-state index >= 15 is 0 Å². The van der Waals surface area contributed by atoms with Gasteiger partial charge in [-0.15, -0.1) is 0 Å². The highest BCUT2D eigenvalue weighted by atomic mass is 79.9. The molecule has 0 saturated carbocycles. The van der Waals surface area contributed by atoms with Gasteiger partial charge in [-0.25, -0.2) is 0 Å². The average Bonchev–Trinajstić information content (AvgIpc) is 1.83. The summed E-state index contributed by atoms with van der Waals surface area (Å²) < 4.78 is 1.38. The van der Waals surface area contributed by atoms with Crippen molar-refractivity contribution in [1.82, 2.24) is 0 Å². The fourth-order valence-corrected chi connectivity index (χ4v) is 1.51. The van der Waals surface area contributed by atoms with Gasteiger partial charge in [0.1, 0.15) is 0 Å². The number of hydrogen-bond acceptors (Lipinski definition) is 0. The van der Waals surface area contributed by atoms with Crippen molar-refractivity contribution in [2.75, 3.05) is 0 Å². The van der Waals surface area contributed by atoms with Crippen molar-refractivity contribution in [2.45, 2.75) is 26.7 Å². The topological polar surface area (TPSA) is 0 Å². The Hall–Kier alpha value is -0.0400. The molecule has 50 valence electrons. The van der Waals surface area contributed by atoms with Crippen molar-refractivity contribution < 1.29 is 0 Å². The van der Waals surface area contributed by atoms with E-state index in [4.69, 9.17) is 0 Å². The van der Waals surface area contributed by atoms with E-state index in [1.807, 2.05) is 0 Å². The van der Waals surface area contributed by atoms with Crippen LogP contribution >= 0.6 is 15.9 Å². The summed E-state index contributed by atoms with van der Waals surface area (Å²) in [5.74, 6) is 0. The van der Waals surface area contributed by atoms with Gasteiger partial charge in [0.15, 0.2) is 0 Å². The van der Waals surface area contributed by atoms with Crippen molar-refractivity contribution >= 4 is 15.9 Å². The molecule has 1 aliphatic carbocycles. The summed E-state index contributed by atoms with van der Waals surface area (Å²) in [5.41, 5.74) is 2.84. The zero-order chi connectivity index (χ0) is 6.85. The second-order valence-corrected chi connectivity index (χ2v) is 3.41. The molecule has 1 heteroatoms. The highest BCUT2D eigenvalue weighted by Gasteiger charge is 2.04. The van der Waals surface area contributed by atoms with Gasteiger partial charge < -0.3 is 0 Å². The van der Waals surface area contributed by atoms with Crippen LogP contribution in [0.2, 0.25) is 0 Å². The Labute approximate surface area is 64.8 Å². The highest BCUT2D eigenvalue weighted by Crippen LogP contribution is 2.27. The molecular weight excluding hydrogens is 176 g/mol. The molecule has 1 rings (SSSR count). The Bertz CT molecular complexity index is 175. The second-order valence-electron chi connectivity index (χ2n) is 2.46. The predicted molar refractivity (Wildman–Crippen MR) is 44.6 cm³/mol. The monoisotopic (exact) mass is 186 g/mol. The average molecular weight is 187 g/mol. The first-order valence-corrected chi connectivity index (χ1v) is 4.03. The van der Waals surface area contributed by atoms with E-state index in [-0.39, 0.29) is 0 Å². The maximum atomic E-state index is 3.53. The van der Waals surface area contributed by atoms with Crippen LogP contribution in [0.1, 0.15) is 26.7 Å². The van der Waals surface area contributed by atoms with Crippen LogP contribution in [0.15, 0.2) is 21.7 Å². The van der Waals surface area contributed by atoms with E-state index in [9.17, 15) is 0 Å². The SMILES string of the molecule is CC1=CCCC(Br)=C1C. The molecule has 0 radical (unpaired) electrons. The normalized spacial score (nSPS) is 20.1. The molecule has 0 unspecified atom stereocenters. The molecule has 0 aromatic rings. The molecule has 0 aromatic carbocycles. The van der Waals surface area contributed by atoms with Gasteiger partial charge >= 0.3 is 0 Å². The molecule has 0 fully saturated rings. The molecule has 0 atom stereocenters. The van der Waals surface area contributed by atoms with Crippen LogP contribution in [0.4, 0.5) is 0 Å². The summed E-state index contributed by atoms with van der Waals surface area (Å²) in [7, 11) is 0. The van der Waals surface area contributed by atoms with Crippen molar-refractivity contribution in [3.63, 3.8) is 0 Å². The third-order valence-electron chi connectivity index (χ3n) is 1.81. The minimum atomic E-state index is 1.18. The van der Waals surface area contributed by atoms with Crippen LogP contribution in [-0.4, -0.2) is 0 Å². The van der Waals surface area contributed by atoms with E-state index in [0.717, 1.165) is 0 Å². The first-order chi connectivity index (χ1) is 4.22. The van der Waals surface area contributed by atoms with E-state index in [1.54, 1.807) is 0 Å². The largest absolute Gasteiger partial charge is 0.0810 e. The van der Waals surface area contributed by atoms with Crippen molar-refractivity contribution in [3.8, 4) is 0 Å². The van der Waals surface area contributed by atoms with Crippen LogP contribution in [0.5, 0.6) is 0 Å². The van der Waals surface area contributed by atoms with E-state index in [0.29, 0.717) is 0 Å². The Morgan fingerprint density at radius 1 is 1.44 bits per heavy atom. The van der Waals surface area contributed by atoms with Crippen molar-refractivity contribution in [1.29, 1.82) is 0 Å². The lowest BCUT2D eigenvalue weighted by atomic mass is 10.0. The summed E-state index contributed by atoms with van der Waals surface area (Å²) in [4.78, 5) is 0. The summed E-state index contributed by atoms with van der Waals surface area (Å²) in [6, 6.07) is 0. The second kappa shape index (κ2) is 2.70. The van der Waals surface area contributed by atoms with Gasteiger partial charge in [0.05, 0.1) is 0 Å². The Morgan fingerprint density at radius 2 is 2.11 bits per heavy atom. The summed E-state index contributed by atoms with van der Waals surface area (Å²) in [5, 5.41) is 0. The van der Waals surface area contributed by atoms with E-state index in [2.05, 4.69) is 35.9 Å². The fraction of sp³-hybridized carbons (Fsp3) is 0.500. The molecule has 9 heavy (non-hydrogen) atoms. The molecule has 0 aliphatic heterocycles. The molecule has 0 heterocycles. The molecular formula is C8H11Br.